The Morgan fingerprint density at radius 3 is 2.47 bits per heavy atom. The normalized spacial score (nSPS) is 11.8. The topological polar surface area (TPSA) is 82.7 Å². The molecule has 1 N–H and O–H groups in total. The van der Waals surface area contributed by atoms with Gasteiger partial charge in [0.25, 0.3) is 0 Å². The molecule has 196 valence electrons. The summed E-state index contributed by atoms with van der Waals surface area (Å²) in [4.78, 5) is 12.4. The quantitative estimate of drug-likeness (QED) is 0.256. The number of aryl methyl sites for hydroxylation is 2. The number of anilines is 1. The standard InChI is InChI=1S/C25H20ClF4N7O/c1-36-21-8-14(7-17-9-22(25(28,29)30)37(2)35-17)3-6-20(21)34-23(36)31-11-15-4-5-18(10-19(15)27)38-24-32-12-16(26)13-33-24/h3-6,8-10,12-13H,7,11H2,1-2H3,(H,31,34). The van der Waals surface area contributed by atoms with Gasteiger partial charge in [-0.1, -0.05) is 23.7 Å². The van der Waals surface area contributed by atoms with Crippen LogP contribution in [-0.4, -0.2) is 29.3 Å². The highest BCUT2D eigenvalue weighted by Crippen LogP contribution is 2.30. The predicted molar refractivity (Wildman–Crippen MR) is 133 cm³/mol. The molecule has 0 aliphatic carbocycles. The number of fused-ring (bicyclic) bond motifs is 1. The van der Waals surface area contributed by atoms with Crippen molar-refractivity contribution in [2.45, 2.75) is 19.1 Å². The largest absolute Gasteiger partial charge is 0.433 e. The minimum absolute atomic E-state index is 0.0441. The molecule has 0 spiro atoms. The van der Waals surface area contributed by atoms with E-state index in [2.05, 4.69) is 25.4 Å². The Morgan fingerprint density at radius 1 is 1.03 bits per heavy atom. The van der Waals surface area contributed by atoms with Crippen LogP contribution in [0.2, 0.25) is 5.02 Å². The van der Waals surface area contributed by atoms with Gasteiger partial charge in [-0.2, -0.15) is 18.3 Å². The summed E-state index contributed by atoms with van der Waals surface area (Å²) < 4.78 is 62.0. The van der Waals surface area contributed by atoms with Crippen molar-refractivity contribution in [2.24, 2.45) is 14.1 Å². The number of hydrogen-bond donors (Lipinski definition) is 1. The first-order valence-electron chi connectivity index (χ1n) is 11.3. The summed E-state index contributed by atoms with van der Waals surface area (Å²) in [6.07, 6.45) is -1.49. The Kier molecular flexibility index (Phi) is 6.66. The minimum Gasteiger partial charge on any atom is -0.424 e. The van der Waals surface area contributed by atoms with Gasteiger partial charge in [-0.05, 0) is 29.8 Å². The first kappa shape index (κ1) is 25.5. The lowest BCUT2D eigenvalue weighted by atomic mass is 10.1. The molecular formula is C25H20ClF4N7O. The van der Waals surface area contributed by atoms with Crippen LogP contribution in [0.5, 0.6) is 11.8 Å². The van der Waals surface area contributed by atoms with Crippen molar-refractivity contribution in [3.8, 4) is 11.8 Å². The number of benzene rings is 2. The van der Waals surface area contributed by atoms with Gasteiger partial charge >= 0.3 is 12.2 Å². The smallest absolute Gasteiger partial charge is 0.424 e. The number of alkyl halides is 3. The number of nitrogens with zero attached hydrogens (tertiary/aromatic N) is 6. The molecule has 0 saturated heterocycles. The summed E-state index contributed by atoms with van der Waals surface area (Å²) in [6, 6.07) is 10.9. The number of rotatable bonds is 7. The molecule has 38 heavy (non-hydrogen) atoms. The SMILES string of the molecule is Cn1nc(Cc2ccc3nc(NCc4ccc(Oc5ncc(Cl)cn5)cc4F)n(C)c3c2)cc1C(F)(F)F. The third-order valence-electron chi connectivity index (χ3n) is 5.82. The van der Waals surface area contributed by atoms with Crippen LogP contribution in [0.4, 0.5) is 23.5 Å². The van der Waals surface area contributed by atoms with Crippen molar-refractivity contribution < 1.29 is 22.3 Å². The van der Waals surface area contributed by atoms with Crippen LogP contribution in [0.15, 0.2) is 54.9 Å². The number of hydrogen-bond acceptors (Lipinski definition) is 6. The zero-order valence-corrected chi connectivity index (χ0v) is 20.8. The average Bonchev–Trinajstić information content (AvgIpc) is 3.39. The van der Waals surface area contributed by atoms with E-state index in [0.717, 1.165) is 21.8 Å². The minimum atomic E-state index is -4.47. The van der Waals surface area contributed by atoms with Gasteiger partial charge in [-0.3, -0.25) is 4.68 Å². The predicted octanol–water partition coefficient (Wildman–Crippen LogP) is 5.90. The van der Waals surface area contributed by atoms with E-state index in [9.17, 15) is 17.6 Å². The average molecular weight is 546 g/mol. The number of ether oxygens (including phenoxy) is 1. The molecule has 3 heterocycles. The van der Waals surface area contributed by atoms with E-state index in [1.807, 2.05) is 6.07 Å². The maximum atomic E-state index is 14.7. The van der Waals surface area contributed by atoms with Gasteiger partial charge in [-0.15, -0.1) is 0 Å². The lowest BCUT2D eigenvalue weighted by Crippen LogP contribution is -2.11. The molecule has 2 aromatic carbocycles. The van der Waals surface area contributed by atoms with Crippen molar-refractivity contribution in [3.05, 3.63) is 88.2 Å². The van der Waals surface area contributed by atoms with Crippen LogP contribution < -0.4 is 10.1 Å². The Morgan fingerprint density at radius 2 is 1.79 bits per heavy atom. The van der Waals surface area contributed by atoms with E-state index >= 15 is 0 Å². The molecule has 0 aliphatic heterocycles. The van der Waals surface area contributed by atoms with Gasteiger partial charge in [-0.25, -0.2) is 19.3 Å². The van der Waals surface area contributed by atoms with E-state index in [1.54, 1.807) is 35.9 Å². The fraction of sp³-hybridized carbons (Fsp3) is 0.200. The van der Waals surface area contributed by atoms with Crippen molar-refractivity contribution in [1.29, 1.82) is 0 Å². The van der Waals surface area contributed by atoms with Crippen LogP contribution in [0.1, 0.15) is 22.5 Å². The molecular weight excluding hydrogens is 526 g/mol. The maximum Gasteiger partial charge on any atom is 0.433 e. The molecule has 8 nitrogen and oxygen atoms in total. The Balaban J connectivity index is 1.28. The summed E-state index contributed by atoms with van der Waals surface area (Å²) in [5, 5.41) is 7.47. The fourth-order valence-electron chi connectivity index (χ4n) is 3.96. The number of aromatic nitrogens is 6. The third kappa shape index (κ3) is 5.40. The van der Waals surface area contributed by atoms with Gasteiger partial charge < -0.3 is 14.6 Å². The third-order valence-corrected chi connectivity index (χ3v) is 6.01. The van der Waals surface area contributed by atoms with E-state index in [1.165, 1.54) is 25.5 Å². The van der Waals surface area contributed by atoms with Crippen molar-refractivity contribution in [2.75, 3.05) is 5.32 Å². The van der Waals surface area contributed by atoms with Gasteiger partial charge in [0.1, 0.15) is 17.3 Å². The molecule has 0 unspecified atom stereocenters. The Labute approximate surface area is 218 Å². The highest BCUT2D eigenvalue weighted by atomic mass is 35.5. The molecule has 0 amide bonds. The van der Waals surface area contributed by atoms with Crippen LogP contribution in [0.3, 0.4) is 0 Å². The number of nitrogens with one attached hydrogen (secondary N) is 1. The fourth-order valence-corrected chi connectivity index (χ4v) is 4.06. The first-order valence-corrected chi connectivity index (χ1v) is 11.7. The zero-order chi connectivity index (χ0) is 27.0. The highest BCUT2D eigenvalue weighted by molar-refractivity contribution is 6.30. The molecule has 0 saturated carbocycles. The van der Waals surface area contributed by atoms with E-state index in [4.69, 9.17) is 16.3 Å². The second-order valence-electron chi connectivity index (χ2n) is 8.53. The van der Waals surface area contributed by atoms with Crippen molar-refractivity contribution in [3.63, 3.8) is 0 Å². The van der Waals surface area contributed by atoms with Gasteiger partial charge in [0.15, 0.2) is 0 Å². The van der Waals surface area contributed by atoms with Crippen molar-refractivity contribution in [1.82, 2.24) is 29.3 Å². The van der Waals surface area contributed by atoms with Crippen LogP contribution in [-0.2, 0) is 33.2 Å². The molecule has 0 bridgehead atoms. The van der Waals surface area contributed by atoms with Crippen LogP contribution in [0, 0.1) is 5.82 Å². The van der Waals surface area contributed by atoms with Crippen molar-refractivity contribution >= 4 is 28.6 Å². The lowest BCUT2D eigenvalue weighted by Gasteiger charge is -2.09. The lowest BCUT2D eigenvalue weighted by molar-refractivity contribution is -0.143. The van der Waals surface area contributed by atoms with Crippen LogP contribution in [0.25, 0.3) is 11.0 Å². The summed E-state index contributed by atoms with van der Waals surface area (Å²) in [5.41, 5.74) is 2.13. The summed E-state index contributed by atoms with van der Waals surface area (Å²) in [5.74, 6) is 0.251. The zero-order valence-electron chi connectivity index (χ0n) is 20.1. The summed E-state index contributed by atoms with van der Waals surface area (Å²) in [6.45, 7) is 0.154. The van der Waals surface area contributed by atoms with Gasteiger partial charge in [0.2, 0.25) is 5.95 Å². The maximum absolute atomic E-state index is 14.7. The highest BCUT2D eigenvalue weighted by Gasteiger charge is 2.34. The Bertz CT molecular complexity index is 1610. The van der Waals surface area contributed by atoms with E-state index < -0.39 is 17.7 Å². The molecule has 5 rings (SSSR count). The van der Waals surface area contributed by atoms with Gasteiger partial charge in [0.05, 0.1) is 34.1 Å². The molecule has 3 aromatic heterocycles. The molecule has 0 aliphatic rings. The molecule has 13 heteroatoms. The monoisotopic (exact) mass is 545 g/mol. The second kappa shape index (κ2) is 9.93. The molecule has 0 radical (unpaired) electrons. The Hall–Kier alpha value is -4.19. The van der Waals surface area contributed by atoms with Crippen LogP contribution >= 0.6 is 11.6 Å². The summed E-state index contributed by atoms with van der Waals surface area (Å²) in [7, 11) is 3.06. The molecule has 0 atom stereocenters. The number of halogens is 5. The van der Waals surface area contributed by atoms with Gasteiger partial charge in [0, 0.05) is 38.7 Å². The molecule has 0 fully saturated rings. The van der Waals surface area contributed by atoms with E-state index in [0.29, 0.717) is 27.7 Å². The second-order valence-corrected chi connectivity index (χ2v) is 8.97. The number of imidazole rings is 1. The van der Waals surface area contributed by atoms with E-state index in [-0.39, 0.29) is 24.7 Å². The molecule has 5 aromatic rings. The first-order chi connectivity index (χ1) is 18.1. The summed E-state index contributed by atoms with van der Waals surface area (Å²) >= 11 is 5.75.